The Bertz CT molecular complexity index is 356. The molecule has 0 amide bonds. The number of hydrogen-bond acceptors (Lipinski definition) is 5. The van der Waals surface area contributed by atoms with Crippen molar-refractivity contribution < 1.29 is 24.2 Å². The molecule has 1 fully saturated rings. The largest absolute Gasteiger partial charge is 0.458 e. The summed E-state index contributed by atoms with van der Waals surface area (Å²) in [4.78, 5) is 22.9. The van der Waals surface area contributed by atoms with E-state index in [0.717, 1.165) is 19.3 Å². The summed E-state index contributed by atoms with van der Waals surface area (Å²) in [7, 11) is 0. The van der Waals surface area contributed by atoms with Crippen molar-refractivity contribution in [1.82, 2.24) is 0 Å². The maximum atomic E-state index is 11.8. The van der Waals surface area contributed by atoms with Gasteiger partial charge < -0.3 is 14.6 Å². The van der Waals surface area contributed by atoms with E-state index in [1.807, 2.05) is 0 Å². The van der Waals surface area contributed by atoms with Gasteiger partial charge in [0.2, 0.25) is 0 Å². The minimum atomic E-state index is -0.696. The molecule has 1 heterocycles. The molecule has 140 valence electrons. The van der Waals surface area contributed by atoms with Crippen LogP contribution in [0.5, 0.6) is 0 Å². The second-order valence-corrected chi connectivity index (χ2v) is 6.73. The molecule has 0 unspecified atom stereocenters. The molecule has 1 aliphatic rings. The zero-order valence-corrected chi connectivity index (χ0v) is 15.1. The SMILES string of the molecule is CCCCCCCCCCCCCC(=O)O[C@H]1CC(=O)O[C@H]1CO. The summed E-state index contributed by atoms with van der Waals surface area (Å²) < 4.78 is 10.1. The van der Waals surface area contributed by atoms with Crippen molar-refractivity contribution in [1.29, 1.82) is 0 Å². The van der Waals surface area contributed by atoms with E-state index in [4.69, 9.17) is 14.6 Å². The van der Waals surface area contributed by atoms with Gasteiger partial charge in [-0.2, -0.15) is 0 Å². The molecule has 0 aromatic rings. The molecular formula is C19H34O5. The first kappa shape index (κ1) is 20.9. The summed E-state index contributed by atoms with van der Waals surface area (Å²) >= 11 is 0. The van der Waals surface area contributed by atoms with Crippen LogP contribution in [-0.4, -0.2) is 35.9 Å². The molecule has 0 aromatic carbocycles. The van der Waals surface area contributed by atoms with E-state index in [2.05, 4.69) is 6.92 Å². The van der Waals surface area contributed by atoms with Crippen LogP contribution in [0, 0.1) is 0 Å². The third-order valence-electron chi connectivity index (χ3n) is 4.51. The number of carbonyl (C=O) groups is 2. The summed E-state index contributed by atoms with van der Waals surface area (Å²) in [5, 5.41) is 9.08. The highest BCUT2D eigenvalue weighted by molar-refractivity contribution is 5.74. The highest BCUT2D eigenvalue weighted by Gasteiger charge is 2.37. The number of hydrogen-bond donors (Lipinski definition) is 1. The van der Waals surface area contributed by atoms with E-state index in [1.54, 1.807) is 0 Å². The molecule has 0 saturated carbocycles. The molecule has 1 N–H and O–H groups in total. The van der Waals surface area contributed by atoms with Crippen molar-refractivity contribution in [3.8, 4) is 0 Å². The fourth-order valence-corrected chi connectivity index (χ4v) is 3.02. The van der Waals surface area contributed by atoms with Crippen molar-refractivity contribution in [2.75, 3.05) is 6.61 Å². The number of cyclic esters (lactones) is 1. The van der Waals surface area contributed by atoms with E-state index >= 15 is 0 Å². The Labute approximate surface area is 146 Å². The van der Waals surface area contributed by atoms with Crippen LogP contribution in [0.1, 0.15) is 90.4 Å². The molecule has 5 heteroatoms. The van der Waals surface area contributed by atoms with E-state index in [1.165, 1.54) is 51.4 Å². The second-order valence-electron chi connectivity index (χ2n) is 6.73. The molecule has 1 aliphatic heterocycles. The summed E-state index contributed by atoms with van der Waals surface area (Å²) in [6, 6.07) is 0. The number of aliphatic hydroxyl groups is 1. The zero-order chi connectivity index (χ0) is 17.6. The summed E-state index contributed by atoms with van der Waals surface area (Å²) in [6.07, 6.45) is 12.7. The minimum absolute atomic E-state index is 0.0508. The molecule has 24 heavy (non-hydrogen) atoms. The van der Waals surface area contributed by atoms with Crippen molar-refractivity contribution in [2.45, 2.75) is 103 Å². The molecule has 0 radical (unpaired) electrons. The van der Waals surface area contributed by atoms with Gasteiger partial charge in [0, 0.05) is 6.42 Å². The number of ether oxygens (including phenoxy) is 2. The van der Waals surface area contributed by atoms with Gasteiger partial charge in [0.05, 0.1) is 13.0 Å². The van der Waals surface area contributed by atoms with Gasteiger partial charge >= 0.3 is 11.9 Å². The second kappa shape index (κ2) is 13.2. The van der Waals surface area contributed by atoms with Crippen molar-refractivity contribution in [3.63, 3.8) is 0 Å². The van der Waals surface area contributed by atoms with Crippen molar-refractivity contribution in [3.05, 3.63) is 0 Å². The van der Waals surface area contributed by atoms with Crippen LogP contribution in [0.25, 0.3) is 0 Å². The Balaban J connectivity index is 1.92. The maximum absolute atomic E-state index is 11.8. The number of rotatable bonds is 14. The molecule has 5 nitrogen and oxygen atoms in total. The summed E-state index contributed by atoms with van der Waals surface area (Å²) in [5.74, 6) is -0.714. The number of esters is 2. The van der Waals surface area contributed by atoms with Gasteiger partial charge in [-0.25, -0.2) is 0 Å². The molecule has 0 spiro atoms. The monoisotopic (exact) mass is 342 g/mol. The first-order chi connectivity index (χ1) is 11.7. The van der Waals surface area contributed by atoms with Crippen LogP contribution >= 0.6 is 0 Å². The molecule has 1 saturated heterocycles. The van der Waals surface area contributed by atoms with Crippen LogP contribution in [0.2, 0.25) is 0 Å². The first-order valence-electron chi connectivity index (χ1n) is 9.67. The predicted molar refractivity (Wildman–Crippen MR) is 92.5 cm³/mol. The Morgan fingerprint density at radius 3 is 2.12 bits per heavy atom. The first-order valence-corrected chi connectivity index (χ1v) is 9.67. The quantitative estimate of drug-likeness (QED) is 0.383. The molecule has 0 bridgehead atoms. The lowest BCUT2D eigenvalue weighted by molar-refractivity contribution is -0.154. The van der Waals surface area contributed by atoms with Crippen LogP contribution < -0.4 is 0 Å². The van der Waals surface area contributed by atoms with E-state index in [-0.39, 0.29) is 19.0 Å². The van der Waals surface area contributed by atoms with Gasteiger partial charge in [0.25, 0.3) is 0 Å². The van der Waals surface area contributed by atoms with Gasteiger partial charge in [-0.05, 0) is 6.42 Å². The zero-order valence-electron chi connectivity index (χ0n) is 15.1. The summed E-state index contributed by atoms with van der Waals surface area (Å²) in [5.41, 5.74) is 0. The topological polar surface area (TPSA) is 72.8 Å². The molecule has 1 rings (SSSR count). The molecule has 0 aliphatic carbocycles. The highest BCUT2D eigenvalue weighted by Crippen LogP contribution is 2.19. The Hall–Kier alpha value is -1.10. The normalized spacial score (nSPS) is 20.2. The standard InChI is InChI=1S/C19H34O5/c1-2-3-4-5-6-7-8-9-10-11-12-13-18(21)23-16-14-19(22)24-17(16)15-20/h16-17,20H,2-15H2,1H3/t16-,17-/m0/s1. The molecule has 2 atom stereocenters. The van der Waals surface area contributed by atoms with E-state index in [0.29, 0.717) is 6.42 Å². The number of unbranched alkanes of at least 4 members (excludes halogenated alkanes) is 10. The average Bonchev–Trinajstić information content (AvgIpc) is 2.92. The Morgan fingerprint density at radius 1 is 1.04 bits per heavy atom. The molecule has 0 aromatic heterocycles. The van der Waals surface area contributed by atoms with Gasteiger partial charge in [0.15, 0.2) is 12.2 Å². The van der Waals surface area contributed by atoms with Crippen LogP contribution in [0.4, 0.5) is 0 Å². The molecular weight excluding hydrogens is 308 g/mol. The van der Waals surface area contributed by atoms with Gasteiger partial charge in [0.1, 0.15) is 0 Å². The average molecular weight is 342 g/mol. The fraction of sp³-hybridized carbons (Fsp3) is 0.895. The third-order valence-corrected chi connectivity index (χ3v) is 4.51. The lowest BCUT2D eigenvalue weighted by Crippen LogP contribution is -2.30. The van der Waals surface area contributed by atoms with Gasteiger partial charge in [-0.1, -0.05) is 71.1 Å². The van der Waals surface area contributed by atoms with E-state index in [9.17, 15) is 9.59 Å². The number of aliphatic hydroxyl groups excluding tert-OH is 1. The van der Waals surface area contributed by atoms with Crippen LogP contribution in [-0.2, 0) is 19.1 Å². The van der Waals surface area contributed by atoms with Crippen molar-refractivity contribution in [2.24, 2.45) is 0 Å². The van der Waals surface area contributed by atoms with Gasteiger partial charge in [-0.15, -0.1) is 0 Å². The van der Waals surface area contributed by atoms with Gasteiger partial charge in [-0.3, -0.25) is 9.59 Å². The highest BCUT2D eigenvalue weighted by atomic mass is 16.6. The Morgan fingerprint density at radius 2 is 1.58 bits per heavy atom. The van der Waals surface area contributed by atoms with Crippen LogP contribution in [0.3, 0.4) is 0 Å². The lowest BCUT2D eigenvalue weighted by atomic mass is 10.1. The predicted octanol–water partition coefficient (Wildman–Crippen LogP) is 3.91. The number of carbonyl (C=O) groups excluding carboxylic acids is 2. The Kier molecular flexibility index (Phi) is 11.5. The minimum Gasteiger partial charge on any atom is -0.458 e. The smallest absolute Gasteiger partial charge is 0.310 e. The van der Waals surface area contributed by atoms with E-state index < -0.39 is 18.2 Å². The van der Waals surface area contributed by atoms with Crippen LogP contribution in [0.15, 0.2) is 0 Å². The maximum Gasteiger partial charge on any atom is 0.310 e. The third kappa shape index (κ3) is 9.26. The fourth-order valence-electron chi connectivity index (χ4n) is 3.02. The van der Waals surface area contributed by atoms with Crippen molar-refractivity contribution >= 4 is 11.9 Å². The lowest BCUT2D eigenvalue weighted by Gasteiger charge is -2.15. The summed E-state index contributed by atoms with van der Waals surface area (Å²) in [6.45, 7) is 1.93.